The summed E-state index contributed by atoms with van der Waals surface area (Å²) >= 11 is 0. The van der Waals surface area contributed by atoms with Crippen molar-refractivity contribution in [2.45, 2.75) is 57.3 Å². The Morgan fingerprint density at radius 1 is 1.14 bits per heavy atom. The zero-order chi connectivity index (χ0) is 15.3. The third-order valence-corrected chi connectivity index (χ3v) is 4.03. The number of likely N-dealkylation sites (tertiary alicyclic amines) is 1. The lowest BCUT2D eigenvalue weighted by molar-refractivity contribution is -0.143. The van der Waals surface area contributed by atoms with Gasteiger partial charge in [-0.05, 0) is 26.2 Å². The van der Waals surface area contributed by atoms with E-state index in [1.54, 1.807) is 0 Å². The second-order valence-electron chi connectivity index (χ2n) is 5.93. The van der Waals surface area contributed by atoms with Crippen LogP contribution in [0.15, 0.2) is 4.99 Å². The molecular formula is C14H25F3N4. The van der Waals surface area contributed by atoms with Gasteiger partial charge in [-0.25, -0.2) is 0 Å². The molecule has 2 fully saturated rings. The highest BCUT2D eigenvalue weighted by Gasteiger charge is 2.34. The van der Waals surface area contributed by atoms with Crippen LogP contribution in [0.5, 0.6) is 0 Å². The smallest absolute Gasteiger partial charge is 0.354 e. The Morgan fingerprint density at radius 2 is 1.81 bits per heavy atom. The lowest BCUT2D eigenvalue weighted by Crippen LogP contribution is -2.48. The average Bonchev–Trinajstić information content (AvgIpc) is 3.00. The monoisotopic (exact) mass is 306 g/mol. The molecule has 0 aromatic carbocycles. The number of aliphatic imine (C=N–C) groups is 1. The summed E-state index contributed by atoms with van der Waals surface area (Å²) in [6.45, 7) is 2.72. The number of halogens is 3. The van der Waals surface area contributed by atoms with E-state index in [0.29, 0.717) is 25.7 Å². The molecule has 1 aliphatic heterocycles. The number of hydrogen-bond donors (Lipinski definition) is 2. The Bertz CT molecular complexity index is 351. The van der Waals surface area contributed by atoms with Gasteiger partial charge in [0.2, 0.25) is 0 Å². The summed E-state index contributed by atoms with van der Waals surface area (Å²) in [7, 11) is 0. The molecule has 7 heteroatoms. The van der Waals surface area contributed by atoms with Gasteiger partial charge in [-0.2, -0.15) is 13.2 Å². The molecule has 0 radical (unpaired) electrons. The van der Waals surface area contributed by atoms with E-state index >= 15 is 0 Å². The summed E-state index contributed by atoms with van der Waals surface area (Å²) in [5.74, 6) is 0.753. The molecule has 2 rings (SSSR count). The van der Waals surface area contributed by atoms with Gasteiger partial charge in [0, 0.05) is 31.7 Å². The van der Waals surface area contributed by atoms with Crippen LogP contribution in [0, 0.1) is 0 Å². The first-order valence-electron chi connectivity index (χ1n) is 7.83. The maximum Gasteiger partial charge on any atom is 0.401 e. The van der Waals surface area contributed by atoms with Gasteiger partial charge in [0.25, 0.3) is 0 Å². The highest BCUT2D eigenvalue weighted by Crippen LogP contribution is 2.20. The van der Waals surface area contributed by atoms with Gasteiger partial charge in [0.1, 0.15) is 0 Å². The maximum absolute atomic E-state index is 12.4. The molecule has 4 nitrogen and oxygen atoms in total. The second-order valence-corrected chi connectivity index (χ2v) is 5.93. The lowest BCUT2D eigenvalue weighted by atomic mass is 10.2. The van der Waals surface area contributed by atoms with E-state index < -0.39 is 12.7 Å². The van der Waals surface area contributed by atoms with Crippen molar-refractivity contribution >= 4 is 5.96 Å². The minimum Gasteiger partial charge on any atom is -0.354 e. The number of hydrogen-bond acceptors (Lipinski definition) is 2. The quantitative estimate of drug-likeness (QED) is 0.617. The van der Waals surface area contributed by atoms with Gasteiger partial charge in [-0.1, -0.05) is 12.8 Å². The standard InChI is InChI=1S/C14H25F3N4/c1-2-18-13(19-11-5-3-4-6-11)20-12-7-8-21(9-12)10-14(15,16)17/h11-12H,2-10H2,1H3,(H2,18,19,20). The van der Waals surface area contributed by atoms with E-state index in [2.05, 4.69) is 15.6 Å². The zero-order valence-corrected chi connectivity index (χ0v) is 12.5. The highest BCUT2D eigenvalue weighted by molar-refractivity contribution is 5.80. The van der Waals surface area contributed by atoms with Gasteiger partial charge in [0.05, 0.1) is 6.54 Å². The second kappa shape index (κ2) is 7.33. The van der Waals surface area contributed by atoms with E-state index in [0.717, 1.165) is 25.2 Å². The molecule has 1 unspecified atom stereocenters. The Labute approximate surface area is 124 Å². The summed E-state index contributed by atoms with van der Waals surface area (Å²) in [5.41, 5.74) is 0. The molecule has 0 aromatic heterocycles. The molecule has 21 heavy (non-hydrogen) atoms. The molecule has 2 aliphatic rings. The Balaban J connectivity index is 1.80. The summed E-state index contributed by atoms with van der Waals surface area (Å²) in [5, 5.41) is 6.69. The molecule has 1 aliphatic carbocycles. The van der Waals surface area contributed by atoms with Crippen molar-refractivity contribution in [2.75, 3.05) is 26.2 Å². The first kappa shape index (κ1) is 16.4. The van der Waals surface area contributed by atoms with Gasteiger partial charge < -0.3 is 10.6 Å². The van der Waals surface area contributed by atoms with Crippen molar-refractivity contribution in [2.24, 2.45) is 4.99 Å². The minimum absolute atomic E-state index is 0.0477. The van der Waals surface area contributed by atoms with E-state index in [1.165, 1.54) is 17.7 Å². The molecule has 0 bridgehead atoms. The van der Waals surface area contributed by atoms with Crippen molar-refractivity contribution in [3.63, 3.8) is 0 Å². The fraction of sp³-hybridized carbons (Fsp3) is 0.929. The first-order valence-corrected chi connectivity index (χ1v) is 7.83. The van der Waals surface area contributed by atoms with Gasteiger partial charge >= 0.3 is 6.18 Å². The van der Waals surface area contributed by atoms with E-state index in [1.807, 2.05) is 6.92 Å². The van der Waals surface area contributed by atoms with Crippen LogP contribution in [0.25, 0.3) is 0 Å². The third-order valence-electron chi connectivity index (χ3n) is 4.03. The third kappa shape index (κ3) is 5.73. The van der Waals surface area contributed by atoms with E-state index in [9.17, 15) is 13.2 Å². The van der Waals surface area contributed by atoms with Crippen LogP contribution in [0.1, 0.15) is 39.0 Å². The van der Waals surface area contributed by atoms with Crippen molar-refractivity contribution in [3.05, 3.63) is 0 Å². The van der Waals surface area contributed by atoms with Gasteiger partial charge in [0.15, 0.2) is 5.96 Å². The van der Waals surface area contributed by atoms with E-state index in [4.69, 9.17) is 0 Å². The molecule has 0 spiro atoms. The van der Waals surface area contributed by atoms with Crippen LogP contribution < -0.4 is 10.6 Å². The van der Waals surface area contributed by atoms with Crippen molar-refractivity contribution in [3.8, 4) is 0 Å². The molecule has 1 saturated heterocycles. The molecule has 0 amide bonds. The van der Waals surface area contributed by atoms with E-state index in [-0.39, 0.29) is 6.04 Å². The summed E-state index contributed by atoms with van der Waals surface area (Å²) in [6.07, 6.45) is 1.38. The van der Waals surface area contributed by atoms with Crippen molar-refractivity contribution in [1.29, 1.82) is 0 Å². The SMILES string of the molecule is CCN=C(NC1CCCC1)NC1CCN(CC(F)(F)F)C1. The molecular weight excluding hydrogens is 281 g/mol. The largest absolute Gasteiger partial charge is 0.401 e. The summed E-state index contributed by atoms with van der Waals surface area (Å²) in [4.78, 5) is 5.86. The van der Waals surface area contributed by atoms with Crippen LogP contribution >= 0.6 is 0 Å². The molecule has 1 saturated carbocycles. The molecule has 2 N–H and O–H groups in total. The summed E-state index contributed by atoms with van der Waals surface area (Å²) < 4.78 is 37.2. The van der Waals surface area contributed by atoms with Crippen molar-refractivity contribution in [1.82, 2.24) is 15.5 Å². The molecule has 122 valence electrons. The normalized spacial score (nSPS) is 25.5. The molecule has 1 atom stereocenters. The topological polar surface area (TPSA) is 39.7 Å². The van der Waals surface area contributed by atoms with Crippen LogP contribution in [-0.4, -0.2) is 55.3 Å². The van der Waals surface area contributed by atoms with Gasteiger partial charge in [-0.15, -0.1) is 0 Å². The molecule has 0 aromatic rings. The summed E-state index contributed by atoms with van der Waals surface area (Å²) in [6, 6.07) is 0.502. The molecule has 1 heterocycles. The Kier molecular flexibility index (Phi) is 5.72. The number of nitrogens with zero attached hydrogens (tertiary/aromatic N) is 2. The minimum atomic E-state index is -4.11. The van der Waals surface area contributed by atoms with Crippen LogP contribution in [0.3, 0.4) is 0 Å². The number of guanidine groups is 1. The fourth-order valence-electron chi connectivity index (χ4n) is 3.10. The number of rotatable bonds is 4. The predicted molar refractivity (Wildman–Crippen MR) is 77.4 cm³/mol. The van der Waals surface area contributed by atoms with Crippen molar-refractivity contribution < 1.29 is 13.2 Å². The van der Waals surface area contributed by atoms with Crippen LogP contribution in [0.4, 0.5) is 13.2 Å². The number of nitrogens with one attached hydrogen (secondary N) is 2. The Morgan fingerprint density at radius 3 is 2.43 bits per heavy atom. The highest BCUT2D eigenvalue weighted by atomic mass is 19.4. The Hall–Kier alpha value is -0.980. The predicted octanol–water partition coefficient (Wildman–Crippen LogP) is 2.12. The lowest BCUT2D eigenvalue weighted by Gasteiger charge is -2.22. The van der Waals surface area contributed by atoms with Gasteiger partial charge in [-0.3, -0.25) is 9.89 Å². The number of alkyl halides is 3. The average molecular weight is 306 g/mol. The zero-order valence-electron chi connectivity index (χ0n) is 12.5. The van der Waals surface area contributed by atoms with Crippen LogP contribution in [-0.2, 0) is 0 Å². The van der Waals surface area contributed by atoms with Crippen LogP contribution in [0.2, 0.25) is 0 Å². The fourth-order valence-corrected chi connectivity index (χ4v) is 3.10. The maximum atomic E-state index is 12.4. The first-order chi connectivity index (χ1) is 9.96.